The van der Waals surface area contributed by atoms with Crippen LogP contribution in [0.5, 0.6) is 11.5 Å². The quantitative estimate of drug-likeness (QED) is 0.862. The number of carbonyl (C=O) groups excluding carboxylic acids is 1. The summed E-state index contributed by atoms with van der Waals surface area (Å²) in [5.41, 5.74) is 0.603. The summed E-state index contributed by atoms with van der Waals surface area (Å²) in [5, 5.41) is 3.09. The first kappa shape index (κ1) is 12.4. The van der Waals surface area contributed by atoms with Crippen LogP contribution in [0.15, 0.2) is 16.6 Å². The van der Waals surface area contributed by atoms with Crippen LogP contribution in [0.4, 0.5) is 0 Å². The van der Waals surface area contributed by atoms with Crippen LogP contribution in [0.1, 0.15) is 10.4 Å². The molecule has 0 radical (unpaired) electrons. The lowest BCUT2D eigenvalue weighted by Crippen LogP contribution is -2.46. The number of ketones is 1. The Hall–Kier alpha value is -1.07. The van der Waals surface area contributed by atoms with Crippen molar-refractivity contribution in [1.82, 2.24) is 5.32 Å². The summed E-state index contributed by atoms with van der Waals surface area (Å²) >= 11 is 3.39. The number of methoxy groups -OCH3 is 2. The molecule has 0 bridgehead atoms. The molecule has 17 heavy (non-hydrogen) atoms. The highest BCUT2D eigenvalue weighted by molar-refractivity contribution is 9.10. The van der Waals surface area contributed by atoms with Crippen molar-refractivity contribution in [1.29, 1.82) is 0 Å². The highest BCUT2D eigenvalue weighted by Gasteiger charge is 2.29. The van der Waals surface area contributed by atoms with Gasteiger partial charge in [0.15, 0.2) is 5.78 Å². The van der Waals surface area contributed by atoms with E-state index in [1.807, 2.05) is 0 Å². The standard InChI is InChI=1S/C12H14BrNO3/c1-16-9-4-3-8(12(17-2)10(9)13)11(15)7-5-14-6-7/h3-4,7,14H,5-6H2,1-2H3. The van der Waals surface area contributed by atoms with Crippen molar-refractivity contribution in [2.45, 2.75) is 0 Å². The summed E-state index contributed by atoms with van der Waals surface area (Å²) in [4.78, 5) is 12.2. The Labute approximate surface area is 108 Å². The maximum Gasteiger partial charge on any atom is 0.172 e. The van der Waals surface area contributed by atoms with E-state index in [1.54, 1.807) is 26.4 Å². The lowest BCUT2D eigenvalue weighted by atomic mass is 9.92. The van der Waals surface area contributed by atoms with E-state index in [0.717, 1.165) is 13.1 Å². The molecule has 1 heterocycles. The Morgan fingerprint density at radius 1 is 1.35 bits per heavy atom. The molecule has 0 aliphatic carbocycles. The zero-order valence-electron chi connectivity index (χ0n) is 9.75. The van der Waals surface area contributed by atoms with Crippen LogP contribution < -0.4 is 14.8 Å². The van der Waals surface area contributed by atoms with E-state index in [9.17, 15) is 4.79 Å². The van der Waals surface area contributed by atoms with Gasteiger partial charge in [0.1, 0.15) is 16.0 Å². The molecule has 0 aromatic heterocycles. The molecule has 5 heteroatoms. The van der Waals surface area contributed by atoms with Gasteiger partial charge in [-0.05, 0) is 28.1 Å². The van der Waals surface area contributed by atoms with Crippen LogP contribution >= 0.6 is 15.9 Å². The molecule has 1 aliphatic heterocycles. The number of hydrogen-bond donors (Lipinski definition) is 1. The van der Waals surface area contributed by atoms with Gasteiger partial charge in [-0.1, -0.05) is 0 Å². The molecule has 92 valence electrons. The minimum absolute atomic E-state index is 0.0594. The molecule has 1 aromatic rings. The second-order valence-electron chi connectivity index (χ2n) is 3.88. The van der Waals surface area contributed by atoms with Gasteiger partial charge in [0, 0.05) is 19.0 Å². The first-order chi connectivity index (χ1) is 8.19. The second-order valence-corrected chi connectivity index (χ2v) is 4.68. The average molecular weight is 300 g/mol. The minimum atomic E-state index is 0.0594. The maximum absolute atomic E-state index is 12.2. The van der Waals surface area contributed by atoms with Crippen LogP contribution in [-0.2, 0) is 0 Å². The molecule has 1 saturated heterocycles. The van der Waals surface area contributed by atoms with E-state index in [-0.39, 0.29) is 11.7 Å². The molecule has 2 rings (SSSR count). The molecule has 1 aromatic carbocycles. The van der Waals surface area contributed by atoms with Gasteiger partial charge >= 0.3 is 0 Å². The molecule has 1 N–H and O–H groups in total. The summed E-state index contributed by atoms with van der Waals surface area (Å²) in [6.07, 6.45) is 0. The summed E-state index contributed by atoms with van der Waals surface area (Å²) in [5.74, 6) is 1.37. The molecule has 0 atom stereocenters. The lowest BCUT2D eigenvalue weighted by Gasteiger charge is -2.26. The van der Waals surface area contributed by atoms with E-state index >= 15 is 0 Å². The van der Waals surface area contributed by atoms with E-state index in [2.05, 4.69) is 21.2 Å². The highest BCUT2D eigenvalue weighted by Crippen LogP contribution is 2.38. The number of hydrogen-bond acceptors (Lipinski definition) is 4. The van der Waals surface area contributed by atoms with Crippen LogP contribution in [0.2, 0.25) is 0 Å². The van der Waals surface area contributed by atoms with Gasteiger partial charge in [-0.15, -0.1) is 0 Å². The van der Waals surface area contributed by atoms with E-state index in [0.29, 0.717) is 21.5 Å². The number of rotatable bonds is 4. The van der Waals surface area contributed by atoms with Crippen LogP contribution in [0.25, 0.3) is 0 Å². The molecule has 1 fully saturated rings. The Bertz CT molecular complexity index is 444. The highest BCUT2D eigenvalue weighted by atomic mass is 79.9. The molecule has 0 saturated carbocycles. The Balaban J connectivity index is 2.39. The monoisotopic (exact) mass is 299 g/mol. The van der Waals surface area contributed by atoms with Gasteiger partial charge in [-0.25, -0.2) is 0 Å². The number of Topliss-reactive ketones (excluding diaryl/α,β-unsaturated/α-hetero) is 1. The summed E-state index contributed by atoms with van der Waals surface area (Å²) in [6, 6.07) is 3.52. The summed E-state index contributed by atoms with van der Waals surface area (Å²) in [6.45, 7) is 1.48. The second kappa shape index (κ2) is 5.06. The van der Waals surface area contributed by atoms with Gasteiger partial charge < -0.3 is 14.8 Å². The van der Waals surface area contributed by atoms with Crippen LogP contribution in [0, 0.1) is 5.92 Å². The largest absolute Gasteiger partial charge is 0.495 e. The van der Waals surface area contributed by atoms with Crippen molar-refractivity contribution in [3.63, 3.8) is 0 Å². The number of ether oxygens (including phenoxy) is 2. The first-order valence-electron chi connectivity index (χ1n) is 5.34. The lowest BCUT2D eigenvalue weighted by molar-refractivity contribution is 0.0875. The fourth-order valence-corrected chi connectivity index (χ4v) is 2.45. The van der Waals surface area contributed by atoms with Crippen molar-refractivity contribution >= 4 is 21.7 Å². The van der Waals surface area contributed by atoms with Crippen molar-refractivity contribution in [3.8, 4) is 11.5 Å². The topological polar surface area (TPSA) is 47.6 Å². The SMILES string of the molecule is COc1ccc(C(=O)C2CNC2)c(OC)c1Br. The van der Waals surface area contributed by atoms with Gasteiger partial charge in [-0.3, -0.25) is 4.79 Å². The molecule has 4 nitrogen and oxygen atoms in total. The van der Waals surface area contributed by atoms with E-state index in [1.165, 1.54) is 0 Å². The molecular formula is C12H14BrNO3. The number of nitrogens with one attached hydrogen (secondary N) is 1. The molecule has 0 unspecified atom stereocenters. The van der Waals surface area contributed by atoms with E-state index < -0.39 is 0 Å². The normalized spacial score (nSPS) is 15.2. The maximum atomic E-state index is 12.2. The van der Waals surface area contributed by atoms with Gasteiger partial charge in [-0.2, -0.15) is 0 Å². The predicted molar refractivity (Wildman–Crippen MR) is 67.9 cm³/mol. The van der Waals surface area contributed by atoms with Crippen molar-refractivity contribution in [2.75, 3.05) is 27.3 Å². The van der Waals surface area contributed by atoms with Gasteiger partial charge in [0.2, 0.25) is 0 Å². The smallest absolute Gasteiger partial charge is 0.172 e. The third-order valence-corrected chi connectivity index (χ3v) is 3.65. The van der Waals surface area contributed by atoms with Crippen molar-refractivity contribution in [3.05, 3.63) is 22.2 Å². The zero-order valence-corrected chi connectivity index (χ0v) is 11.3. The van der Waals surface area contributed by atoms with Gasteiger partial charge in [0.25, 0.3) is 0 Å². The molecule has 1 aliphatic rings. The third kappa shape index (κ3) is 2.17. The van der Waals surface area contributed by atoms with Crippen molar-refractivity contribution < 1.29 is 14.3 Å². The Morgan fingerprint density at radius 2 is 2.06 bits per heavy atom. The Kier molecular flexibility index (Phi) is 3.69. The third-order valence-electron chi connectivity index (χ3n) is 2.90. The fraction of sp³-hybridized carbons (Fsp3) is 0.417. The molecular weight excluding hydrogens is 286 g/mol. The van der Waals surface area contributed by atoms with Crippen LogP contribution in [-0.4, -0.2) is 33.1 Å². The number of halogens is 1. The Morgan fingerprint density at radius 3 is 2.53 bits per heavy atom. The zero-order chi connectivity index (χ0) is 12.4. The first-order valence-corrected chi connectivity index (χ1v) is 6.13. The summed E-state index contributed by atoms with van der Waals surface area (Å²) < 4.78 is 11.1. The summed E-state index contributed by atoms with van der Waals surface area (Å²) in [7, 11) is 3.13. The predicted octanol–water partition coefficient (Wildman–Crippen LogP) is 1.87. The number of carbonyl (C=O) groups is 1. The molecule has 0 amide bonds. The fourth-order valence-electron chi connectivity index (χ4n) is 1.78. The minimum Gasteiger partial charge on any atom is -0.495 e. The van der Waals surface area contributed by atoms with Crippen molar-refractivity contribution in [2.24, 2.45) is 5.92 Å². The van der Waals surface area contributed by atoms with Crippen LogP contribution in [0.3, 0.4) is 0 Å². The average Bonchev–Trinajstić information content (AvgIpc) is 2.26. The number of benzene rings is 1. The molecule has 0 spiro atoms. The van der Waals surface area contributed by atoms with E-state index in [4.69, 9.17) is 9.47 Å². The van der Waals surface area contributed by atoms with Gasteiger partial charge in [0.05, 0.1) is 19.8 Å².